The Morgan fingerprint density at radius 3 is 2.67 bits per heavy atom. The molecule has 2 aliphatic rings. The molecule has 0 radical (unpaired) electrons. The van der Waals surface area contributed by atoms with Gasteiger partial charge in [-0.2, -0.15) is 0 Å². The number of halogens is 1. The maximum atomic E-state index is 11.9. The van der Waals surface area contributed by atoms with Gasteiger partial charge in [-0.15, -0.1) is 24.0 Å². The summed E-state index contributed by atoms with van der Waals surface area (Å²) >= 11 is 0. The van der Waals surface area contributed by atoms with Crippen LogP contribution >= 0.6 is 24.0 Å². The van der Waals surface area contributed by atoms with Crippen molar-refractivity contribution < 1.29 is 13.9 Å². The largest absolute Gasteiger partial charge is 0.469 e. The fraction of sp³-hybridized carbons (Fsp3) is 0.727. The molecule has 2 heterocycles. The summed E-state index contributed by atoms with van der Waals surface area (Å²) in [5.74, 6) is 2.57. The zero-order valence-corrected chi connectivity index (χ0v) is 20.4. The van der Waals surface area contributed by atoms with Crippen molar-refractivity contribution in [3.63, 3.8) is 0 Å². The lowest BCUT2D eigenvalue weighted by Crippen LogP contribution is -2.50. The van der Waals surface area contributed by atoms with Crippen LogP contribution in [0.3, 0.4) is 0 Å². The van der Waals surface area contributed by atoms with Crippen molar-refractivity contribution in [2.75, 3.05) is 32.8 Å². The molecule has 1 saturated heterocycles. The lowest BCUT2D eigenvalue weighted by atomic mass is 9.89. The summed E-state index contributed by atoms with van der Waals surface area (Å²) in [6.45, 7) is 5.38. The highest BCUT2D eigenvalue weighted by Crippen LogP contribution is 2.23. The summed E-state index contributed by atoms with van der Waals surface area (Å²) in [5, 5.41) is 7.07. The number of hydrogen-bond donors (Lipinski definition) is 2. The standard InChI is InChI=1S/C22H36N4O3.HI/c1-2-28-22(27)26-14-11-19(12-15-26)25-21(23-13-10-20-9-6-16-29-20)24-17-18-7-4-3-5-8-18;/h6,9,16,18-19H,2-5,7-8,10-15,17H2,1H3,(H2,23,24,25);1H. The Morgan fingerprint density at radius 2 is 2.00 bits per heavy atom. The van der Waals surface area contributed by atoms with E-state index in [1.54, 1.807) is 11.2 Å². The zero-order valence-electron chi connectivity index (χ0n) is 18.1. The molecule has 1 saturated carbocycles. The SMILES string of the molecule is CCOC(=O)N1CCC(NC(=NCC2CCCCC2)NCCc2ccco2)CC1.I. The van der Waals surface area contributed by atoms with Gasteiger partial charge in [0.15, 0.2) is 5.96 Å². The third-order valence-electron chi connectivity index (χ3n) is 5.84. The van der Waals surface area contributed by atoms with Crippen LogP contribution in [0.2, 0.25) is 0 Å². The summed E-state index contributed by atoms with van der Waals surface area (Å²) in [5.41, 5.74) is 0. The van der Waals surface area contributed by atoms with Gasteiger partial charge in [0.05, 0.1) is 12.9 Å². The number of rotatable bonds is 7. The number of furan rings is 1. The molecule has 3 rings (SSSR count). The number of aliphatic imine (C=N–C) groups is 1. The average Bonchev–Trinajstić information content (AvgIpc) is 3.27. The topological polar surface area (TPSA) is 79.1 Å². The van der Waals surface area contributed by atoms with Gasteiger partial charge in [0.1, 0.15) is 5.76 Å². The Kier molecular flexibility index (Phi) is 11.4. The van der Waals surface area contributed by atoms with Gasteiger partial charge < -0.3 is 24.7 Å². The Balaban J connectivity index is 0.00000320. The van der Waals surface area contributed by atoms with E-state index in [9.17, 15) is 4.79 Å². The molecular formula is C22H37IN4O3. The second-order valence-corrected chi connectivity index (χ2v) is 8.05. The molecule has 1 aliphatic heterocycles. The number of nitrogens with one attached hydrogen (secondary N) is 2. The first kappa shape index (κ1) is 24.8. The molecule has 30 heavy (non-hydrogen) atoms. The quantitative estimate of drug-likeness (QED) is 0.313. The second kappa shape index (κ2) is 13.8. The second-order valence-electron chi connectivity index (χ2n) is 8.05. The van der Waals surface area contributed by atoms with E-state index in [0.29, 0.717) is 18.6 Å². The number of hydrogen-bond acceptors (Lipinski definition) is 4. The van der Waals surface area contributed by atoms with Gasteiger partial charge in [-0.05, 0) is 50.7 Å². The number of likely N-dealkylation sites (tertiary alicyclic amines) is 1. The molecule has 1 aromatic heterocycles. The maximum Gasteiger partial charge on any atom is 0.409 e. The zero-order chi connectivity index (χ0) is 20.3. The molecule has 7 nitrogen and oxygen atoms in total. The van der Waals surface area contributed by atoms with Crippen LogP contribution in [0.1, 0.15) is 57.6 Å². The summed E-state index contributed by atoms with van der Waals surface area (Å²) in [4.78, 5) is 18.6. The van der Waals surface area contributed by atoms with Crippen LogP contribution in [0.15, 0.2) is 27.8 Å². The van der Waals surface area contributed by atoms with Gasteiger partial charge in [-0.25, -0.2) is 4.79 Å². The average molecular weight is 532 g/mol. The highest BCUT2D eigenvalue weighted by Gasteiger charge is 2.24. The van der Waals surface area contributed by atoms with Crippen LogP contribution in [0.5, 0.6) is 0 Å². The minimum absolute atomic E-state index is 0. The van der Waals surface area contributed by atoms with Crippen molar-refractivity contribution in [3.05, 3.63) is 24.2 Å². The Labute approximate surface area is 197 Å². The predicted molar refractivity (Wildman–Crippen MR) is 129 cm³/mol. The number of ether oxygens (including phenoxy) is 1. The molecular weight excluding hydrogens is 495 g/mol. The molecule has 0 spiro atoms. The van der Waals surface area contributed by atoms with E-state index in [4.69, 9.17) is 14.1 Å². The molecule has 1 amide bonds. The van der Waals surface area contributed by atoms with Gasteiger partial charge in [-0.3, -0.25) is 4.99 Å². The van der Waals surface area contributed by atoms with Crippen LogP contribution in [0, 0.1) is 5.92 Å². The van der Waals surface area contributed by atoms with E-state index in [1.165, 1.54) is 32.1 Å². The van der Waals surface area contributed by atoms with E-state index in [-0.39, 0.29) is 30.1 Å². The Morgan fingerprint density at radius 1 is 1.23 bits per heavy atom. The van der Waals surface area contributed by atoms with E-state index >= 15 is 0 Å². The number of carbonyl (C=O) groups excluding carboxylic acids is 1. The number of amides is 1. The van der Waals surface area contributed by atoms with Crippen LogP contribution in [-0.4, -0.2) is 55.8 Å². The lowest BCUT2D eigenvalue weighted by Gasteiger charge is -2.32. The first-order valence-corrected chi connectivity index (χ1v) is 11.2. The number of piperidine rings is 1. The minimum Gasteiger partial charge on any atom is -0.469 e. The van der Waals surface area contributed by atoms with Gasteiger partial charge in [0.25, 0.3) is 0 Å². The number of nitrogens with zero attached hydrogens (tertiary/aromatic N) is 2. The van der Waals surface area contributed by atoms with Gasteiger partial charge in [0, 0.05) is 38.6 Å². The molecule has 0 aromatic carbocycles. The molecule has 0 bridgehead atoms. The molecule has 2 fully saturated rings. The fourth-order valence-electron chi connectivity index (χ4n) is 4.12. The van der Waals surface area contributed by atoms with Crippen molar-refractivity contribution in [3.8, 4) is 0 Å². The molecule has 2 N–H and O–H groups in total. The predicted octanol–water partition coefficient (Wildman–Crippen LogP) is 4.18. The van der Waals surface area contributed by atoms with Crippen molar-refractivity contribution in [2.45, 2.75) is 64.3 Å². The van der Waals surface area contributed by atoms with E-state index in [2.05, 4.69) is 10.6 Å². The van der Waals surface area contributed by atoms with Crippen molar-refractivity contribution in [1.29, 1.82) is 0 Å². The Hall–Kier alpha value is -1.45. The first-order chi connectivity index (χ1) is 14.2. The molecule has 170 valence electrons. The highest BCUT2D eigenvalue weighted by atomic mass is 127. The first-order valence-electron chi connectivity index (χ1n) is 11.2. The highest BCUT2D eigenvalue weighted by molar-refractivity contribution is 14.0. The van der Waals surface area contributed by atoms with Crippen LogP contribution in [0.25, 0.3) is 0 Å². The van der Waals surface area contributed by atoms with Crippen LogP contribution < -0.4 is 10.6 Å². The smallest absolute Gasteiger partial charge is 0.409 e. The normalized spacial score (nSPS) is 18.6. The van der Waals surface area contributed by atoms with Gasteiger partial charge in [0.2, 0.25) is 0 Å². The van der Waals surface area contributed by atoms with Crippen molar-refractivity contribution in [1.82, 2.24) is 15.5 Å². The molecule has 1 aliphatic carbocycles. The summed E-state index contributed by atoms with van der Waals surface area (Å²) in [6, 6.07) is 4.24. The number of guanidine groups is 1. The molecule has 8 heteroatoms. The molecule has 1 aromatic rings. The Bertz CT molecular complexity index is 624. The minimum atomic E-state index is -0.200. The molecule has 0 unspecified atom stereocenters. The lowest BCUT2D eigenvalue weighted by molar-refractivity contribution is 0.0963. The summed E-state index contributed by atoms with van der Waals surface area (Å²) < 4.78 is 10.5. The summed E-state index contributed by atoms with van der Waals surface area (Å²) in [7, 11) is 0. The molecule has 0 atom stereocenters. The van der Waals surface area contributed by atoms with E-state index < -0.39 is 0 Å². The monoisotopic (exact) mass is 532 g/mol. The third-order valence-corrected chi connectivity index (χ3v) is 5.84. The van der Waals surface area contributed by atoms with Crippen LogP contribution in [-0.2, 0) is 11.2 Å². The summed E-state index contributed by atoms with van der Waals surface area (Å²) in [6.07, 6.45) is 10.8. The van der Waals surface area contributed by atoms with Crippen molar-refractivity contribution in [2.24, 2.45) is 10.9 Å². The van der Waals surface area contributed by atoms with Gasteiger partial charge in [-0.1, -0.05) is 19.3 Å². The van der Waals surface area contributed by atoms with Crippen LogP contribution in [0.4, 0.5) is 4.79 Å². The van der Waals surface area contributed by atoms with E-state index in [0.717, 1.165) is 57.2 Å². The fourth-order valence-corrected chi connectivity index (χ4v) is 4.12. The maximum absolute atomic E-state index is 11.9. The van der Waals surface area contributed by atoms with Crippen molar-refractivity contribution >= 4 is 36.0 Å². The van der Waals surface area contributed by atoms with E-state index in [1.807, 2.05) is 19.1 Å². The number of carbonyl (C=O) groups is 1. The van der Waals surface area contributed by atoms with Gasteiger partial charge >= 0.3 is 6.09 Å². The third kappa shape index (κ3) is 8.35.